The van der Waals surface area contributed by atoms with Crippen LogP contribution in [0.1, 0.15) is 69.1 Å². The molecule has 30 heavy (non-hydrogen) atoms. The van der Waals surface area contributed by atoms with Crippen molar-refractivity contribution in [1.82, 2.24) is 0 Å². The van der Waals surface area contributed by atoms with Crippen molar-refractivity contribution >= 4 is 0 Å². The van der Waals surface area contributed by atoms with Gasteiger partial charge in [-0.05, 0) is 72.4 Å². The van der Waals surface area contributed by atoms with Gasteiger partial charge in [-0.2, -0.15) is 0 Å². The molecule has 0 saturated heterocycles. The smallest absolute Gasteiger partial charge is 0.119 e. The van der Waals surface area contributed by atoms with Crippen LogP contribution in [-0.4, -0.2) is 20.3 Å². The van der Waals surface area contributed by atoms with Crippen LogP contribution in [-0.2, 0) is 17.8 Å². The summed E-state index contributed by atoms with van der Waals surface area (Å²) in [5.74, 6) is 3.33. The summed E-state index contributed by atoms with van der Waals surface area (Å²) >= 11 is 0. The highest BCUT2D eigenvalue weighted by Gasteiger charge is 2.26. The van der Waals surface area contributed by atoms with E-state index in [4.69, 9.17) is 15.2 Å². The largest absolute Gasteiger partial charge is 0.497 e. The van der Waals surface area contributed by atoms with E-state index in [0.29, 0.717) is 18.4 Å². The molecule has 1 fully saturated rings. The summed E-state index contributed by atoms with van der Waals surface area (Å²) in [4.78, 5) is 0. The van der Waals surface area contributed by atoms with Gasteiger partial charge in [0.2, 0.25) is 0 Å². The average Bonchev–Trinajstić information content (AvgIpc) is 3.56. The van der Waals surface area contributed by atoms with Crippen LogP contribution in [0, 0.1) is 11.8 Å². The summed E-state index contributed by atoms with van der Waals surface area (Å²) in [6.45, 7) is 8.80. The van der Waals surface area contributed by atoms with Crippen molar-refractivity contribution in [2.45, 2.75) is 65.4 Å². The molecule has 4 rings (SSSR count). The molecule has 2 atom stereocenters. The number of hydrogen-bond donors (Lipinski definition) is 1. The van der Waals surface area contributed by atoms with Crippen molar-refractivity contribution in [3.05, 3.63) is 65.2 Å². The Morgan fingerprint density at radius 1 is 1.00 bits per heavy atom. The number of fused-ring (bicyclic) bond motifs is 1. The molecule has 0 radical (unpaired) electrons. The van der Waals surface area contributed by atoms with Crippen LogP contribution in [0.3, 0.4) is 0 Å². The first-order valence-corrected chi connectivity index (χ1v) is 11.6. The molecule has 0 aliphatic heterocycles. The fourth-order valence-corrected chi connectivity index (χ4v) is 3.74. The lowest BCUT2D eigenvalue weighted by atomic mass is 9.74. The topological polar surface area (TPSA) is 44.5 Å². The lowest BCUT2D eigenvalue weighted by Crippen LogP contribution is -2.20. The van der Waals surface area contributed by atoms with Crippen molar-refractivity contribution in [1.29, 1.82) is 0 Å². The molecule has 1 saturated carbocycles. The zero-order valence-corrected chi connectivity index (χ0v) is 19.4. The number of methoxy groups -OCH3 is 1. The summed E-state index contributed by atoms with van der Waals surface area (Å²) in [5, 5.41) is 0. The Morgan fingerprint density at radius 3 is 2.27 bits per heavy atom. The quantitative estimate of drug-likeness (QED) is 0.563. The number of ether oxygens (including phenoxy) is 2. The highest BCUT2D eigenvalue weighted by molar-refractivity contribution is 5.40. The summed E-state index contributed by atoms with van der Waals surface area (Å²) in [6, 6.07) is 16.9. The third-order valence-electron chi connectivity index (χ3n) is 5.86. The molecule has 0 spiro atoms. The van der Waals surface area contributed by atoms with Gasteiger partial charge in [0.1, 0.15) is 5.75 Å². The van der Waals surface area contributed by atoms with Gasteiger partial charge in [-0.25, -0.2) is 0 Å². The molecule has 0 aromatic heterocycles. The molecule has 2 aliphatic rings. The summed E-state index contributed by atoms with van der Waals surface area (Å²) in [5.41, 5.74) is 9.04. The van der Waals surface area contributed by atoms with Crippen LogP contribution in [0.4, 0.5) is 0 Å². The normalized spacial score (nSPS) is 19.5. The monoisotopic (exact) mass is 411 g/mol. The van der Waals surface area contributed by atoms with Crippen molar-refractivity contribution in [3.8, 4) is 5.75 Å². The second-order valence-electron chi connectivity index (χ2n) is 8.60. The average molecular weight is 412 g/mol. The van der Waals surface area contributed by atoms with Gasteiger partial charge < -0.3 is 15.2 Å². The van der Waals surface area contributed by atoms with E-state index in [2.05, 4.69) is 56.3 Å². The van der Waals surface area contributed by atoms with Crippen LogP contribution in [0.15, 0.2) is 48.5 Å². The predicted molar refractivity (Wildman–Crippen MR) is 127 cm³/mol. The molecule has 2 aromatic rings. The molecule has 2 aliphatic carbocycles. The second kappa shape index (κ2) is 13.5. The summed E-state index contributed by atoms with van der Waals surface area (Å²) < 4.78 is 11.3. The molecule has 2 aromatic carbocycles. The standard InChI is InChI=1S/C21H26O2.C4H8.C2H7N/c1-16-8-9-18-10-11-19(22-2)14-21(18)20(16)12-13-23-15-17-6-4-3-5-7-17;1-4-2-3-4;1-2-3/h3-7,10-11,14,16,20H,8-9,12-13,15H2,1-2H3;4H,2-3H2,1H3;2-3H2,1H3. The lowest BCUT2D eigenvalue weighted by Gasteiger charge is -2.31. The Kier molecular flexibility index (Phi) is 11.0. The van der Waals surface area contributed by atoms with E-state index < -0.39 is 0 Å². The van der Waals surface area contributed by atoms with Gasteiger partial charge >= 0.3 is 0 Å². The number of benzene rings is 2. The highest BCUT2D eigenvalue weighted by Crippen LogP contribution is 2.39. The third kappa shape index (κ3) is 8.49. The number of nitrogens with two attached hydrogens (primary N) is 1. The zero-order valence-electron chi connectivity index (χ0n) is 19.4. The molecule has 3 heteroatoms. The van der Waals surface area contributed by atoms with Crippen molar-refractivity contribution in [2.24, 2.45) is 17.6 Å². The number of rotatable bonds is 6. The maximum Gasteiger partial charge on any atom is 0.119 e. The van der Waals surface area contributed by atoms with E-state index in [1.54, 1.807) is 7.11 Å². The molecule has 2 N–H and O–H groups in total. The SMILES string of the molecule is CC1CC1.CCN.COc1ccc2c(c1)C(CCOCc1ccccc1)C(C)CC2. The van der Waals surface area contributed by atoms with Gasteiger partial charge in [-0.1, -0.05) is 70.0 Å². The minimum atomic E-state index is 0.574. The van der Waals surface area contributed by atoms with E-state index in [1.807, 2.05) is 13.0 Å². The van der Waals surface area contributed by atoms with Gasteiger partial charge in [-0.3, -0.25) is 0 Å². The first-order chi connectivity index (χ1) is 14.6. The third-order valence-corrected chi connectivity index (χ3v) is 5.86. The second-order valence-corrected chi connectivity index (χ2v) is 8.60. The van der Waals surface area contributed by atoms with Crippen LogP contribution < -0.4 is 10.5 Å². The zero-order chi connectivity index (χ0) is 21.8. The molecule has 166 valence electrons. The first-order valence-electron chi connectivity index (χ1n) is 11.6. The van der Waals surface area contributed by atoms with Gasteiger partial charge in [0.25, 0.3) is 0 Å². The maximum absolute atomic E-state index is 5.91. The fourth-order valence-electron chi connectivity index (χ4n) is 3.74. The maximum atomic E-state index is 5.91. The molecule has 0 bridgehead atoms. The molecular formula is C27H41NO2. The predicted octanol–water partition coefficient (Wildman–Crippen LogP) is 6.35. The Hall–Kier alpha value is -1.84. The van der Waals surface area contributed by atoms with E-state index in [9.17, 15) is 0 Å². The highest BCUT2D eigenvalue weighted by atomic mass is 16.5. The lowest BCUT2D eigenvalue weighted by molar-refractivity contribution is 0.108. The summed E-state index contributed by atoms with van der Waals surface area (Å²) in [6.07, 6.45) is 6.50. The number of hydrogen-bond acceptors (Lipinski definition) is 3. The van der Waals surface area contributed by atoms with Gasteiger partial charge in [-0.15, -0.1) is 0 Å². The Balaban J connectivity index is 0.000000393. The van der Waals surface area contributed by atoms with E-state index in [-0.39, 0.29) is 0 Å². The summed E-state index contributed by atoms with van der Waals surface area (Å²) in [7, 11) is 1.74. The van der Waals surface area contributed by atoms with Crippen LogP contribution in [0.5, 0.6) is 5.75 Å². The molecule has 2 unspecified atom stereocenters. The van der Waals surface area contributed by atoms with Crippen molar-refractivity contribution in [2.75, 3.05) is 20.3 Å². The van der Waals surface area contributed by atoms with Crippen LogP contribution >= 0.6 is 0 Å². The molecule has 3 nitrogen and oxygen atoms in total. The minimum absolute atomic E-state index is 0.574. The Labute approximate surface area is 184 Å². The molecule has 0 heterocycles. The van der Waals surface area contributed by atoms with Gasteiger partial charge in [0, 0.05) is 6.61 Å². The van der Waals surface area contributed by atoms with Crippen LogP contribution in [0.2, 0.25) is 0 Å². The van der Waals surface area contributed by atoms with Crippen LogP contribution in [0.25, 0.3) is 0 Å². The Bertz CT molecular complexity index is 712. The first kappa shape index (κ1) is 24.4. The number of aryl methyl sites for hydroxylation is 1. The van der Waals surface area contributed by atoms with Gasteiger partial charge in [0.15, 0.2) is 0 Å². The van der Waals surface area contributed by atoms with E-state index >= 15 is 0 Å². The minimum Gasteiger partial charge on any atom is -0.497 e. The molecule has 0 amide bonds. The van der Waals surface area contributed by atoms with E-state index in [0.717, 1.165) is 31.2 Å². The fraction of sp³-hybridized carbons (Fsp3) is 0.556. The van der Waals surface area contributed by atoms with Gasteiger partial charge in [0.05, 0.1) is 13.7 Å². The Morgan fingerprint density at radius 2 is 1.67 bits per heavy atom. The molecular weight excluding hydrogens is 370 g/mol. The van der Waals surface area contributed by atoms with E-state index in [1.165, 1.54) is 42.4 Å². The van der Waals surface area contributed by atoms with Crippen molar-refractivity contribution < 1.29 is 9.47 Å². The van der Waals surface area contributed by atoms with Crippen molar-refractivity contribution in [3.63, 3.8) is 0 Å².